The van der Waals surface area contributed by atoms with Gasteiger partial charge in [-0.05, 0) is 25.2 Å². The number of aliphatic hydroxyl groups excluding tert-OH is 1. The fourth-order valence-corrected chi connectivity index (χ4v) is 4.21. The van der Waals surface area contributed by atoms with Gasteiger partial charge in [0, 0.05) is 28.2 Å². The molecule has 3 atom stereocenters. The smallest absolute Gasteiger partial charge is 0.190 e. The molecule has 1 fully saturated rings. The van der Waals surface area contributed by atoms with Crippen LogP contribution in [0.15, 0.2) is 47.1 Å². The lowest BCUT2D eigenvalue weighted by atomic mass is 9.65. The highest BCUT2D eigenvalue weighted by Crippen LogP contribution is 2.45. The average Bonchev–Trinajstić information content (AvgIpc) is 2.51. The van der Waals surface area contributed by atoms with Crippen molar-refractivity contribution in [2.75, 3.05) is 0 Å². The molecular weight excluding hydrogens is 276 g/mol. The highest BCUT2D eigenvalue weighted by molar-refractivity contribution is 6.27. The molecule has 3 aliphatic rings. The second-order valence-electron chi connectivity index (χ2n) is 6.67. The van der Waals surface area contributed by atoms with Crippen LogP contribution < -0.4 is 0 Å². The highest BCUT2D eigenvalue weighted by atomic mass is 16.3. The zero-order chi connectivity index (χ0) is 15.4. The highest BCUT2D eigenvalue weighted by Gasteiger charge is 2.43. The Balaban J connectivity index is 1.86. The van der Waals surface area contributed by atoms with E-state index in [1.54, 1.807) is 24.3 Å². The van der Waals surface area contributed by atoms with Crippen molar-refractivity contribution in [1.82, 2.24) is 0 Å². The minimum Gasteiger partial charge on any atom is -0.392 e. The molecule has 0 aliphatic heterocycles. The molecule has 1 aromatic rings. The Hall–Kier alpha value is -2.00. The van der Waals surface area contributed by atoms with Crippen LogP contribution in [0.3, 0.4) is 0 Å². The van der Waals surface area contributed by atoms with E-state index < -0.39 is 6.10 Å². The molecule has 1 saturated carbocycles. The van der Waals surface area contributed by atoms with E-state index in [9.17, 15) is 14.7 Å². The molecule has 1 N–H and O–H groups in total. The first kappa shape index (κ1) is 13.6. The van der Waals surface area contributed by atoms with E-state index in [0.717, 1.165) is 12.0 Å². The summed E-state index contributed by atoms with van der Waals surface area (Å²) in [6, 6.07) is 7.01. The van der Waals surface area contributed by atoms with Crippen LogP contribution in [0, 0.1) is 11.8 Å². The number of allylic oxidation sites excluding steroid dienone is 2. The molecule has 112 valence electrons. The van der Waals surface area contributed by atoms with Crippen LogP contribution in [0.25, 0.3) is 0 Å². The van der Waals surface area contributed by atoms with Gasteiger partial charge in [0.05, 0.1) is 6.10 Å². The third-order valence-electron chi connectivity index (χ3n) is 5.15. The second-order valence-corrected chi connectivity index (χ2v) is 6.67. The second kappa shape index (κ2) is 4.75. The van der Waals surface area contributed by atoms with E-state index in [4.69, 9.17) is 0 Å². The summed E-state index contributed by atoms with van der Waals surface area (Å²) < 4.78 is 0. The molecule has 3 aliphatic carbocycles. The van der Waals surface area contributed by atoms with Crippen molar-refractivity contribution in [3.63, 3.8) is 0 Å². The Bertz CT molecular complexity index is 754. The van der Waals surface area contributed by atoms with E-state index in [0.29, 0.717) is 41.0 Å². The molecule has 0 amide bonds. The lowest BCUT2D eigenvalue weighted by Crippen LogP contribution is -2.39. The average molecular weight is 294 g/mol. The summed E-state index contributed by atoms with van der Waals surface area (Å²) in [6.07, 6.45) is 3.59. The van der Waals surface area contributed by atoms with Crippen molar-refractivity contribution in [2.24, 2.45) is 11.8 Å². The molecule has 3 heteroatoms. The third kappa shape index (κ3) is 1.78. The quantitative estimate of drug-likeness (QED) is 0.748. The van der Waals surface area contributed by atoms with Crippen LogP contribution in [0.1, 0.15) is 46.9 Å². The first-order valence-corrected chi connectivity index (χ1v) is 7.86. The monoisotopic (exact) mass is 294 g/mol. The fraction of sp³-hybridized carbons (Fsp3) is 0.368. The lowest BCUT2D eigenvalue weighted by Gasteiger charge is -2.39. The summed E-state index contributed by atoms with van der Waals surface area (Å²) in [5, 5.41) is 10.5. The fourth-order valence-electron chi connectivity index (χ4n) is 4.21. The first-order chi connectivity index (χ1) is 10.6. The van der Waals surface area contributed by atoms with Gasteiger partial charge in [-0.15, -0.1) is 0 Å². The van der Waals surface area contributed by atoms with Crippen LogP contribution in [0.2, 0.25) is 0 Å². The van der Waals surface area contributed by atoms with Crippen molar-refractivity contribution in [1.29, 1.82) is 0 Å². The number of benzene rings is 1. The number of rotatable bonds is 0. The standard InChI is InChI=1S/C19H18O3/c1-10-8-11-6-7-14-17(16(11)15(20)9-10)19(22)13-5-3-2-4-12(13)18(14)21/h2-6,10,15-16,20H,7-9H2,1H3/t10-,15-,16-/m1/s1. The van der Waals surface area contributed by atoms with Crippen LogP contribution in [-0.2, 0) is 0 Å². The van der Waals surface area contributed by atoms with Gasteiger partial charge in [0.2, 0.25) is 0 Å². The summed E-state index contributed by atoms with van der Waals surface area (Å²) in [5.74, 6) is 0.00631. The van der Waals surface area contributed by atoms with Crippen molar-refractivity contribution < 1.29 is 14.7 Å². The van der Waals surface area contributed by atoms with Crippen molar-refractivity contribution >= 4 is 11.6 Å². The van der Waals surface area contributed by atoms with E-state index in [1.807, 2.05) is 0 Å². The summed E-state index contributed by atoms with van der Waals surface area (Å²) in [7, 11) is 0. The van der Waals surface area contributed by atoms with Crippen molar-refractivity contribution in [2.45, 2.75) is 32.3 Å². The van der Waals surface area contributed by atoms with E-state index >= 15 is 0 Å². The molecule has 22 heavy (non-hydrogen) atoms. The number of Topliss-reactive ketones (excluding diaryl/α,β-unsaturated/α-hetero) is 2. The van der Waals surface area contributed by atoms with E-state index in [2.05, 4.69) is 13.0 Å². The topological polar surface area (TPSA) is 54.4 Å². The van der Waals surface area contributed by atoms with Crippen molar-refractivity contribution in [3.05, 3.63) is 58.2 Å². The van der Waals surface area contributed by atoms with E-state index in [1.165, 1.54) is 0 Å². The molecular formula is C19H18O3. The number of fused-ring (bicyclic) bond motifs is 3. The van der Waals surface area contributed by atoms with Crippen LogP contribution in [0.4, 0.5) is 0 Å². The largest absolute Gasteiger partial charge is 0.392 e. The minimum absolute atomic E-state index is 0.0497. The number of aliphatic hydroxyl groups is 1. The molecule has 0 heterocycles. The summed E-state index contributed by atoms with van der Waals surface area (Å²) in [5.41, 5.74) is 3.26. The Morgan fingerprint density at radius 3 is 2.50 bits per heavy atom. The molecule has 1 aromatic carbocycles. The predicted molar refractivity (Wildman–Crippen MR) is 82.7 cm³/mol. The SMILES string of the molecule is C[C@@H]1CC2=CCC3=C(C(=O)c4ccccc4C3=O)[C@H]2[C@H](O)C1. The normalized spacial score (nSPS) is 30.5. The summed E-state index contributed by atoms with van der Waals surface area (Å²) in [4.78, 5) is 25.7. The Labute approximate surface area is 129 Å². The van der Waals surface area contributed by atoms with Gasteiger partial charge in [0.15, 0.2) is 11.6 Å². The Kier molecular flexibility index (Phi) is 2.95. The number of hydrogen-bond acceptors (Lipinski definition) is 3. The first-order valence-electron chi connectivity index (χ1n) is 7.86. The van der Waals surface area contributed by atoms with Crippen LogP contribution in [-0.4, -0.2) is 22.8 Å². The van der Waals surface area contributed by atoms with Gasteiger partial charge in [-0.3, -0.25) is 9.59 Å². The lowest BCUT2D eigenvalue weighted by molar-refractivity contribution is 0.0792. The molecule has 0 spiro atoms. The number of carbonyl (C=O) groups is 2. The number of ketones is 2. The number of carbonyl (C=O) groups excluding carboxylic acids is 2. The maximum Gasteiger partial charge on any atom is 0.190 e. The third-order valence-corrected chi connectivity index (χ3v) is 5.15. The molecule has 4 rings (SSSR count). The maximum atomic E-state index is 12.9. The predicted octanol–water partition coefficient (Wildman–Crippen LogP) is 3.10. The van der Waals surface area contributed by atoms with Gasteiger partial charge in [-0.2, -0.15) is 0 Å². The Morgan fingerprint density at radius 2 is 1.77 bits per heavy atom. The molecule has 3 nitrogen and oxygen atoms in total. The molecule has 0 radical (unpaired) electrons. The Morgan fingerprint density at radius 1 is 1.09 bits per heavy atom. The maximum absolute atomic E-state index is 12.9. The van der Waals surface area contributed by atoms with Gasteiger partial charge < -0.3 is 5.11 Å². The van der Waals surface area contributed by atoms with Gasteiger partial charge in [-0.25, -0.2) is 0 Å². The molecule has 0 bridgehead atoms. The molecule has 0 unspecified atom stereocenters. The van der Waals surface area contributed by atoms with Crippen molar-refractivity contribution in [3.8, 4) is 0 Å². The summed E-state index contributed by atoms with van der Waals surface area (Å²) in [6.45, 7) is 2.12. The molecule has 0 saturated heterocycles. The minimum atomic E-state index is -0.567. The van der Waals surface area contributed by atoms with Gasteiger partial charge in [-0.1, -0.05) is 42.8 Å². The molecule has 0 aromatic heterocycles. The van der Waals surface area contributed by atoms with Gasteiger partial charge in [0.25, 0.3) is 0 Å². The van der Waals surface area contributed by atoms with Crippen LogP contribution in [0.5, 0.6) is 0 Å². The number of hydrogen-bond donors (Lipinski definition) is 1. The summed E-state index contributed by atoms with van der Waals surface area (Å²) >= 11 is 0. The van der Waals surface area contributed by atoms with E-state index in [-0.39, 0.29) is 17.5 Å². The van der Waals surface area contributed by atoms with Crippen LogP contribution >= 0.6 is 0 Å². The van der Waals surface area contributed by atoms with Gasteiger partial charge in [0.1, 0.15) is 0 Å². The van der Waals surface area contributed by atoms with Gasteiger partial charge >= 0.3 is 0 Å². The zero-order valence-corrected chi connectivity index (χ0v) is 12.5. The zero-order valence-electron chi connectivity index (χ0n) is 12.5.